The van der Waals surface area contributed by atoms with Crippen LogP contribution in [-0.2, 0) is 9.89 Å². The fourth-order valence-corrected chi connectivity index (χ4v) is 5.65. The van der Waals surface area contributed by atoms with Gasteiger partial charge in [-0.3, -0.25) is 4.99 Å². The van der Waals surface area contributed by atoms with E-state index >= 15 is 0 Å². The first-order valence-corrected chi connectivity index (χ1v) is 12.1. The molecule has 2 unspecified atom stereocenters. The number of aliphatic imine (C=N–C) groups is 1. The second-order valence-corrected chi connectivity index (χ2v) is 10.2. The van der Waals surface area contributed by atoms with Gasteiger partial charge in [-0.25, -0.2) is 0 Å². The number of rotatable bonds is 9. The standard InChI is InChI=1S/C28H34NO2P/c1-7-28(5,25-18-12-13-20(2)26(25)31-19-30-6)32-27-21(3)14-11-17-24(27)22(4)29-23-15-9-8-10-16-23/h8-18,32H,7,19H2,1-6H3. The summed E-state index contributed by atoms with van der Waals surface area (Å²) < 4.78 is 11.3. The van der Waals surface area contributed by atoms with Gasteiger partial charge in [0.05, 0.1) is 5.69 Å². The van der Waals surface area contributed by atoms with Crippen molar-refractivity contribution in [2.45, 2.75) is 46.2 Å². The highest BCUT2D eigenvalue weighted by Gasteiger charge is 2.31. The van der Waals surface area contributed by atoms with Crippen molar-refractivity contribution in [2.75, 3.05) is 13.9 Å². The number of nitrogens with zero attached hydrogens (tertiary/aromatic N) is 1. The fourth-order valence-electron chi connectivity index (χ4n) is 3.91. The highest BCUT2D eigenvalue weighted by Crippen LogP contribution is 2.48. The van der Waals surface area contributed by atoms with E-state index in [0.29, 0.717) is 8.58 Å². The lowest BCUT2D eigenvalue weighted by atomic mass is 9.94. The molecule has 3 nitrogen and oxygen atoms in total. The Kier molecular flexibility index (Phi) is 8.23. The van der Waals surface area contributed by atoms with Crippen molar-refractivity contribution in [2.24, 2.45) is 4.99 Å². The minimum Gasteiger partial charge on any atom is -0.467 e. The monoisotopic (exact) mass is 447 g/mol. The number of aryl methyl sites for hydroxylation is 2. The van der Waals surface area contributed by atoms with Crippen LogP contribution in [0.4, 0.5) is 5.69 Å². The van der Waals surface area contributed by atoms with E-state index in [9.17, 15) is 0 Å². The molecule has 0 heterocycles. The third kappa shape index (κ3) is 5.46. The first-order chi connectivity index (χ1) is 15.4. The Morgan fingerprint density at radius 1 is 0.938 bits per heavy atom. The third-order valence-electron chi connectivity index (χ3n) is 5.95. The number of methoxy groups -OCH3 is 1. The van der Waals surface area contributed by atoms with E-state index in [1.54, 1.807) is 7.11 Å². The van der Waals surface area contributed by atoms with Gasteiger partial charge in [-0.15, -0.1) is 0 Å². The third-order valence-corrected chi connectivity index (χ3v) is 8.04. The van der Waals surface area contributed by atoms with Crippen LogP contribution in [0.3, 0.4) is 0 Å². The lowest BCUT2D eigenvalue weighted by Gasteiger charge is -2.33. The quantitative estimate of drug-likeness (QED) is 0.200. The molecule has 32 heavy (non-hydrogen) atoms. The molecule has 0 bridgehead atoms. The summed E-state index contributed by atoms with van der Waals surface area (Å²) >= 11 is 0. The molecule has 0 aliphatic heterocycles. The van der Waals surface area contributed by atoms with Crippen molar-refractivity contribution in [1.82, 2.24) is 0 Å². The van der Waals surface area contributed by atoms with E-state index in [1.807, 2.05) is 30.3 Å². The van der Waals surface area contributed by atoms with Crippen molar-refractivity contribution in [3.05, 3.63) is 89.0 Å². The number of hydrogen-bond donors (Lipinski definition) is 0. The number of hydrogen-bond acceptors (Lipinski definition) is 3. The first-order valence-electron chi connectivity index (χ1n) is 11.1. The summed E-state index contributed by atoms with van der Waals surface area (Å²) in [5, 5.41) is 1.30. The van der Waals surface area contributed by atoms with Gasteiger partial charge in [0.1, 0.15) is 5.75 Å². The van der Waals surface area contributed by atoms with Crippen LogP contribution in [0.2, 0.25) is 0 Å². The molecule has 168 valence electrons. The maximum Gasteiger partial charge on any atom is 0.188 e. The largest absolute Gasteiger partial charge is 0.467 e. The van der Waals surface area contributed by atoms with Gasteiger partial charge in [0.15, 0.2) is 6.79 Å². The molecule has 3 aromatic rings. The maximum atomic E-state index is 6.05. The van der Waals surface area contributed by atoms with Gasteiger partial charge in [0, 0.05) is 29.1 Å². The van der Waals surface area contributed by atoms with Crippen LogP contribution in [0.5, 0.6) is 5.75 Å². The highest BCUT2D eigenvalue weighted by molar-refractivity contribution is 7.49. The van der Waals surface area contributed by atoms with Gasteiger partial charge in [-0.2, -0.15) is 0 Å². The van der Waals surface area contributed by atoms with E-state index < -0.39 is 0 Å². The molecule has 0 aliphatic rings. The molecule has 0 aromatic heterocycles. The number of para-hydroxylation sites is 2. The molecule has 3 rings (SSSR count). The van der Waals surface area contributed by atoms with E-state index in [2.05, 4.69) is 71.0 Å². The van der Waals surface area contributed by atoms with Crippen LogP contribution in [0.15, 0.2) is 71.7 Å². The Bertz CT molecular complexity index is 1080. The van der Waals surface area contributed by atoms with Gasteiger partial charge in [0.25, 0.3) is 0 Å². The maximum absolute atomic E-state index is 6.05. The molecule has 0 N–H and O–H groups in total. The summed E-state index contributed by atoms with van der Waals surface area (Å²) in [6.07, 6.45) is 1.00. The average molecular weight is 448 g/mol. The number of benzene rings is 3. The van der Waals surface area contributed by atoms with Crippen LogP contribution >= 0.6 is 8.58 Å². The minimum absolute atomic E-state index is 0.0665. The van der Waals surface area contributed by atoms with Crippen molar-refractivity contribution in [3.63, 3.8) is 0 Å². The SMILES string of the molecule is CCC(C)(Pc1c(C)cccc1C(C)=Nc1ccccc1)c1cccc(C)c1OCOC. The summed E-state index contributed by atoms with van der Waals surface area (Å²) in [5.41, 5.74) is 6.92. The molecule has 4 heteroatoms. The summed E-state index contributed by atoms with van der Waals surface area (Å²) in [6.45, 7) is 11.3. The Balaban J connectivity index is 2.06. The van der Waals surface area contributed by atoms with Crippen molar-refractivity contribution >= 4 is 25.3 Å². The lowest BCUT2D eigenvalue weighted by Crippen LogP contribution is -2.24. The Morgan fingerprint density at radius 3 is 2.31 bits per heavy atom. The molecule has 0 aliphatic carbocycles. The molecule has 2 atom stereocenters. The van der Waals surface area contributed by atoms with Gasteiger partial charge >= 0.3 is 0 Å². The zero-order chi connectivity index (χ0) is 23.1. The number of ether oxygens (including phenoxy) is 2. The van der Waals surface area contributed by atoms with Crippen LogP contribution < -0.4 is 10.0 Å². The fraction of sp³-hybridized carbons (Fsp3) is 0.321. The molecule has 0 amide bonds. The highest BCUT2D eigenvalue weighted by atomic mass is 31.1. The van der Waals surface area contributed by atoms with Gasteiger partial charge < -0.3 is 9.47 Å². The van der Waals surface area contributed by atoms with E-state index in [0.717, 1.165) is 29.1 Å². The van der Waals surface area contributed by atoms with Crippen LogP contribution in [0.25, 0.3) is 0 Å². The molecule has 0 radical (unpaired) electrons. The van der Waals surface area contributed by atoms with Crippen LogP contribution in [0, 0.1) is 13.8 Å². The van der Waals surface area contributed by atoms with E-state index in [4.69, 9.17) is 14.5 Å². The van der Waals surface area contributed by atoms with Gasteiger partial charge in [-0.1, -0.05) is 77.0 Å². The molecule has 0 saturated carbocycles. The van der Waals surface area contributed by atoms with E-state index in [-0.39, 0.29) is 11.9 Å². The molecule has 0 saturated heterocycles. The molecule has 0 fully saturated rings. The van der Waals surface area contributed by atoms with Crippen LogP contribution in [0.1, 0.15) is 49.4 Å². The van der Waals surface area contributed by atoms with Gasteiger partial charge in [-0.05, 0) is 55.8 Å². The molecule has 0 spiro atoms. The first kappa shape index (κ1) is 24.2. The zero-order valence-corrected chi connectivity index (χ0v) is 21.0. The Morgan fingerprint density at radius 2 is 1.62 bits per heavy atom. The molecule has 3 aromatic carbocycles. The van der Waals surface area contributed by atoms with Crippen molar-refractivity contribution in [3.8, 4) is 5.75 Å². The van der Waals surface area contributed by atoms with Gasteiger partial charge in [0.2, 0.25) is 0 Å². The second-order valence-electron chi connectivity index (χ2n) is 8.34. The minimum atomic E-state index is -0.0665. The summed E-state index contributed by atoms with van der Waals surface area (Å²) in [5.74, 6) is 0.941. The predicted molar refractivity (Wildman–Crippen MR) is 139 cm³/mol. The lowest BCUT2D eigenvalue weighted by molar-refractivity contribution is 0.0495. The van der Waals surface area contributed by atoms with Crippen molar-refractivity contribution < 1.29 is 9.47 Å². The summed E-state index contributed by atoms with van der Waals surface area (Å²) in [6, 6.07) is 23.1. The second kappa shape index (κ2) is 10.9. The summed E-state index contributed by atoms with van der Waals surface area (Å²) in [4.78, 5) is 4.91. The normalized spacial score (nSPS) is 14.0. The zero-order valence-electron chi connectivity index (χ0n) is 20.0. The topological polar surface area (TPSA) is 30.8 Å². The average Bonchev–Trinajstić information content (AvgIpc) is 2.80. The molecular weight excluding hydrogens is 413 g/mol. The smallest absolute Gasteiger partial charge is 0.188 e. The van der Waals surface area contributed by atoms with E-state index in [1.165, 1.54) is 22.0 Å². The Hall–Kier alpha value is -2.48. The molecular formula is C28H34NO2P. The van der Waals surface area contributed by atoms with Crippen LogP contribution in [-0.4, -0.2) is 19.6 Å². The Labute approximate surface area is 194 Å². The summed E-state index contributed by atoms with van der Waals surface area (Å²) in [7, 11) is 2.23. The predicted octanol–water partition coefficient (Wildman–Crippen LogP) is 7.06. The van der Waals surface area contributed by atoms with Crippen molar-refractivity contribution in [1.29, 1.82) is 0 Å².